The van der Waals surface area contributed by atoms with Crippen molar-refractivity contribution in [2.45, 2.75) is 6.92 Å². The lowest BCUT2D eigenvalue weighted by Gasteiger charge is -2.02. The first kappa shape index (κ1) is 13.9. The van der Waals surface area contributed by atoms with Gasteiger partial charge in [0, 0.05) is 0 Å². The maximum absolute atomic E-state index is 13.4. The number of hydrogen-bond acceptors (Lipinski definition) is 3. The quantitative estimate of drug-likeness (QED) is 0.670. The number of carbonyl (C=O) groups is 1. The first-order valence-electron chi connectivity index (χ1n) is 5.43. The van der Waals surface area contributed by atoms with Crippen LogP contribution in [-0.4, -0.2) is 11.6 Å². The lowest BCUT2D eigenvalue weighted by atomic mass is 10.2. The summed E-state index contributed by atoms with van der Waals surface area (Å²) in [6, 6.07) is 9.58. The highest BCUT2D eigenvalue weighted by atomic mass is 79.9. The van der Waals surface area contributed by atoms with E-state index in [2.05, 4.69) is 26.5 Å². The number of nitrogens with one attached hydrogen (secondary N) is 1. The average Bonchev–Trinajstić information content (AvgIpc) is 2.83. The summed E-state index contributed by atoms with van der Waals surface area (Å²) in [6.07, 6.45) is 0. The molecule has 1 amide bonds. The molecule has 0 aliphatic carbocycles. The van der Waals surface area contributed by atoms with E-state index in [-0.39, 0.29) is 5.56 Å². The number of carbonyl (C=O) groups excluding carboxylic acids is 1. The summed E-state index contributed by atoms with van der Waals surface area (Å²) < 4.78 is 14.4. The summed E-state index contributed by atoms with van der Waals surface area (Å²) in [5.41, 5.74) is 2.99. The van der Waals surface area contributed by atoms with Crippen molar-refractivity contribution in [1.82, 2.24) is 5.43 Å². The molecule has 0 spiro atoms. The van der Waals surface area contributed by atoms with Crippen LogP contribution in [0.3, 0.4) is 0 Å². The third kappa shape index (κ3) is 3.48. The number of benzene rings is 1. The van der Waals surface area contributed by atoms with Gasteiger partial charge in [0.15, 0.2) is 0 Å². The summed E-state index contributed by atoms with van der Waals surface area (Å²) in [6.45, 7) is 1.78. The van der Waals surface area contributed by atoms with Crippen molar-refractivity contribution >= 4 is 38.9 Å². The van der Waals surface area contributed by atoms with Crippen LogP contribution in [0.5, 0.6) is 0 Å². The number of halogens is 2. The van der Waals surface area contributed by atoms with E-state index >= 15 is 0 Å². The fraction of sp³-hybridized carbons (Fsp3) is 0.0769. The van der Waals surface area contributed by atoms with E-state index in [4.69, 9.17) is 0 Å². The Bertz CT molecular complexity index is 639. The summed E-state index contributed by atoms with van der Waals surface area (Å²) in [5, 5.41) is 3.97. The molecule has 1 N–H and O–H groups in total. The fourth-order valence-electron chi connectivity index (χ4n) is 1.40. The zero-order valence-corrected chi connectivity index (χ0v) is 12.4. The maximum atomic E-state index is 13.4. The van der Waals surface area contributed by atoms with Gasteiger partial charge in [0.25, 0.3) is 5.91 Å². The Hall–Kier alpha value is -1.53. The molecule has 1 aromatic carbocycles. The van der Waals surface area contributed by atoms with E-state index < -0.39 is 11.7 Å². The highest BCUT2D eigenvalue weighted by molar-refractivity contribution is 9.11. The second kappa shape index (κ2) is 6.08. The minimum absolute atomic E-state index is 0.0218. The van der Waals surface area contributed by atoms with Gasteiger partial charge in [-0.05, 0) is 47.1 Å². The predicted molar refractivity (Wildman–Crippen MR) is 78.1 cm³/mol. The van der Waals surface area contributed by atoms with Crippen molar-refractivity contribution in [3.63, 3.8) is 0 Å². The van der Waals surface area contributed by atoms with Crippen molar-refractivity contribution in [3.05, 3.63) is 56.4 Å². The van der Waals surface area contributed by atoms with Crippen LogP contribution in [0.15, 0.2) is 45.3 Å². The number of amides is 1. The third-order valence-corrected chi connectivity index (χ3v) is 4.11. The molecule has 1 heterocycles. The smallest absolute Gasteiger partial charge is 0.267 e. The Morgan fingerprint density at radius 3 is 2.68 bits per heavy atom. The average molecular weight is 341 g/mol. The number of rotatable bonds is 3. The van der Waals surface area contributed by atoms with E-state index in [9.17, 15) is 9.18 Å². The monoisotopic (exact) mass is 340 g/mol. The molecule has 0 aliphatic heterocycles. The van der Waals surface area contributed by atoms with Gasteiger partial charge in [0.2, 0.25) is 0 Å². The van der Waals surface area contributed by atoms with Crippen molar-refractivity contribution in [2.24, 2.45) is 5.10 Å². The molecule has 0 atom stereocenters. The van der Waals surface area contributed by atoms with Gasteiger partial charge in [0.05, 0.1) is 19.9 Å². The molecule has 98 valence electrons. The third-order valence-electron chi connectivity index (χ3n) is 2.37. The minimum Gasteiger partial charge on any atom is -0.267 e. The molecule has 2 aromatic rings. The molecule has 0 radical (unpaired) electrons. The van der Waals surface area contributed by atoms with E-state index in [1.807, 2.05) is 12.1 Å². The summed E-state index contributed by atoms with van der Waals surface area (Å²) in [7, 11) is 0. The zero-order chi connectivity index (χ0) is 13.8. The van der Waals surface area contributed by atoms with Crippen LogP contribution < -0.4 is 5.43 Å². The molecule has 1 aromatic heterocycles. The number of nitrogens with zero attached hydrogens (tertiary/aromatic N) is 1. The molecule has 0 saturated carbocycles. The minimum atomic E-state index is -0.563. The zero-order valence-electron chi connectivity index (χ0n) is 9.98. The Morgan fingerprint density at radius 2 is 2.05 bits per heavy atom. The van der Waals surface area contributed by atoms with Crippen molar-refractivity contribution in [1.29, 1.82) is 0 Å². The molecule has 0 bridgehead atoms. The van der Waals surface area contributed by atoms with Crippen LogP contribution in [-0.2, 0) is 0 Å². The van der Waals surface area contributed by atoms with Crippen molar-refractivity contribution in [2.75, 3.05) is 0 Å². The van der Waals surface area contributed by atoms with Gasteiger partial charge >= 0.3 is 0 Å². The van der Waals surface area contributed by atoms with Crippen LogP contribution in [0.1, 0.15) is 22.2 Å². The number of hydrazone groups is 1. The molecule has 2 rings (SSSR count). The normalized spacial score (nSPS) is 11.4. The maximum Gasteiger partial charge on any atom is 0.274 e. The van der Waals surface area contributed by atoms with Crippen LogP contribution >= 0.6 is 27.3 Å². The summed E-state index contributed by atoms with van der Waals surface area (Å²) in [4.78, 5) is 12.7. The second-order valence-electron chi connectivity index (χ2n) is 3.72. The fourth-order valence-corrected chi connectivity index (χ4v) is 2.73. The lowest BCUT2D eigenvalue weighted by Crippen LogP contribution is -2.20. The molecule has 0 aliphatic rings. The van der Waals surface area contributed by atoms with Gasteiger partial charge in [-0.2, -0.15) is 5.10 Å². The Morgan fingerprint density at radius 1 is 1.32 bits per heavy atom. The van der Waals surface area contributed by atoms with E-state index in [1.165, 1.54) is 29.5 Å². The van der Waals surface area contributed by atoms with Crippen molar-refractivity contribution in [3.8, 4) is 0 Å². The largest absolute Gasteiger partial charge is 0.274 e. The topological polar surface area (TPSA) is 41.5 Å². The molecule has 3 nitrogen and oxygen atoms in total. The Kier molecular flexibility index (Phi) is 4.44. The molecular formula is C13H10BrFN2OS. The van der Waals surface area contributed by atoms with Crippen LogP contribution in [0.2, 0.25) is 0 Å². The van der Waals surface area contributed by atoms with E-state index in [1.54, 1.807) is 13.0 Å². The standard InChI is InChI=1S/C13H10BrFN2OS/c1-8(11-6-7-12(14)19-11)16-17-13(18)9-4-2-3-5-10(9)15/h2-7H,1H3,(H,17,18). The van der Waals surface area contributed by atoms with E-state index in [0.29, 0.717) is 5.71 Å². The first-order valence-corrected chi connectivity index (χ1v) is 7.04. The molecule has 19 heavy (non-hydrogen) atoms. The van der Waals surface area contributed by atoms with Gasteiger partial charge in [-0.15, -0.1) is 11.3 Å². The van der Waals surface area contributed by atoms with Crippen LogP contribution in [0.25, 0.3) is 0 Å². The van der Waals surface area contributed by atoms with Gasteiger partial charge in [0.1, 0.15) is 5.82 Å². The SMILES string of the molecule is CC(=NNC(=O)c1ccccc1F)c1ccc(Br)s1. The molecular weight excluding hydrogens is 331 g/mol. The summed E-state index contributed by atoms with van der Waals surface area (Å²) in [5.74, 6) is -1.13. The van der Waals surface area contributed by atoms with Gasteiger partial charge < -0.3 is 0 Å². The Balaban J connectivity index is 2.10. The first-order chi connectivity index (χ1) is 9.08. The van der Waals surface area contributed by atoms with Gasteiger partial charge in [-0.1, -0.05) is 12.1 Å². The van der Waals surface area contributed by atoms with E-state index in [0.717, 1.165) is 8.66 Å². The molecule has 0 unspecified atom stereocenters. The molecule has 0 saturated heterocycles. The predicted octanol–water partition coefficient (Wildman–Crippen LogP) is 3.80. The molecule has 0 fully saturated rings. The van der Waals surface area contributed by atoms with Crippen molar-refractivity contribution < 1.29 is 9.18 Å². The van der Waals surface area contributed by atoms with Crippen LogP contribution in [0, 0.1) is 5.82 Å². The second-order valence-corrected chi connectivity index (χ2v) is 6.18. The lowest BCUT2D eigenvalue weighted by molar-refractivity contribution is 0.0951. The summed E-state index contributed by atoms with van der Waals surface area (Å²) >= 11 is 4.86. The number of thiophene rings is 1. The van der Waals surface area contributed by atoms with Gasteiger partial charge in [-0.25, -0.2) is 9.82 Å². The van der Waals surface area contributed by atoms with Crippen LogP contribution in [0.4, 0.5) is 4.39 Å². The highest BCUT2D eigenvalue weighted by Gasteiger charge is 2.10. The molecule has 6 heteroatoms. The number of hydrogen-bond donors (Lipinski definition) is 1. The Labute approximate surface area is 122 Å². The van der Waals surface area contributed by atoms with Gasteiger partial charge in [-0.3, -0.25) is 4.79 Å². The highest BCUT2D eigenvalue weighted by Crippen LogP contribution is 2.22.